The lowest BCUT2D eigenvalue weighted by Gasteiger charge is -2.22. The molecule has 1 aromatic rings. The molecule has 1 fully saturated rings. The highest BCUT2D eigenvalue weighted by atomic mass is 35.5. The molecule has 1 saturated heterocycles. The molecule has 4 nitrogen and oxygen atoms in total. The third-order valence-corrected chi connectivity index (χ3v) is 4.35. The average molecular weight is 366 g/mol. The van der Waals surface area contributed by atoms with Gasteiger partial charge in [0.2, 0.25) is 0 Å². The molecule has 0 radical (unpaired) electrons. The van der Waals surface area contributed by atoms with Crippen molar-refractivity contribution in [1.82, 2.24) is 10.2 Å². The third kappa shape index (κ3) is 4.48. The zero-order chi connectivity index (χ0) is 17.2. The maximum Gasteiger partial charge on any atom is 0.471 e. The van der Waals surface area contributed by atoms with Gasteiger partial charge in [0, 0.05) is 29.8 Å². The molecule has 23 heavy (non-hydrogen) atoms. The van der Waals surface area contributed by atoms with E-state index in [9.17, 15) is 18.0 Å². The molecule has 2 rings (SSSR count). The lowest BCUT2D eigenvalue weighted by atomic mass is 10.2. The molecule has 2 N–H and O–H groups in total. The van der Waals surface area contributed by atoms with Crippen molar-refractivity contribution in [3.63, 3.8) is 0 Å². The first-order chi connectivity index (χ1) is 10.7. The van der Waals surface area contributed by atoms with Crippen LogP contribution in [0.5, 0.6) is 0 Å². The Morgan fingerprint density at radius 1 is 1.43 bits per heavy atom. The highest BCUT2D eigenvalue weighted by Gasteiger charge is 2.40. The Hall–Kier alpha value is -1.54. The zero-order valence-electron chi connectivity index (χ0n) is 12.2. The van der Waals surface area contributed by atoms with E-state index in [1.54, 1.807) is 17.0 Å². The molecule has 0 aromatic heterocycles. The quantitative estimate of drug-likeness (QED) is 0.790. The molecule has 1 unspecified atom stereocenters. The first kappa shape index (κ1) is 17.8. The minimum absolute atomic E-state index is 0.229. The second-order valence-corrected chi connectivity index (χ2v) is 6.04. The summed E-state index contributed by atoms with van der Waals surface area (Å²) in [6.45, 7) is 2.53. The van der Waals surface area contributed by atoms with Crippen molar-refractivity contribution >= 4 is 40.5 Å². The molecule has 126 valence electrons. The summed E-state index contributed by atoms with van der Waals surface area (Å²) < 4.78 is 36.8. The highest BCUT2D eigenvalue weighted by molar-refractivity contribution is 7.80. The lowest BCUT2D eigenvalue weighted by molar-refractivity contribution is -0.174. The Morgan fingerprint density at radius 3 is 2.78 bits per heavy atom. The molecule has 1 heterocycles. The number of rotatable bonds is 2. The second kappa shape index (κ2) is 6.92. The zero-order valence-corrected chi connectivity index (χ0v) is 13.8. The minimum Gasteiger partial charge on any atom is -0.347 e. The van der Waals surface area contributed by atoms with Gasteiger partial charge in [-0.05, 0) is 43.3 Å². The number of nitrogens with zero attached hydrogens (tertiary/aromatic N) is 1. The summed E-state index contributed by atoms with van der Waals surface area (Å²) in [7, 11) is 0. The van der Waals surface area contributed by atoms with Crippen LogP contribution in [0.15, 0.2) is 18.2 Å². The van der Waals surface area contributed by atoms with Crippen LogP contribution in [0.1, 0.15) is 12.0 Å². The van der Waals surface area contributed by atoms with Crippen LogP contribution in [0.2, 0.25) is 5.02 Å². The number of halogens is 4. The monoisotopic (exact) mass is 365 g/mol. The molecule has 1 aliphatic heterocycles. The average Bonchev–Trinajstić information content (AvgIpc) is 2.91. The van der Waals surface area contributed by atoms with Gasteiger partial charge in [0.1, 0.15) is 0 Å². The van der Waals surface area contributed by atoms with Crippen LogP contribution in [-0.2, 0) is 4.79 Å². The van der Waals surface area contributed by atoms with Crippen LogP contribution in [0, 0.1) is 6.92 Å². The summed E-state index contributed by atoms with van der Waals surface area (Å²) >= 11 is 11.3. The number of thiocarbonyl (C=S) groups is 1. The molecular weight excluding hydrogens is 351 g/mol. The summed E-state index contributed by atoms with van der Waals surface area (Å²) in [4.78, 5) is 12.7. The first-order valence-electron chi connectivity index (χ1n) is 6.87. The maximum atomic E-state index is 12.3. The van der Waals surface area contributed by atoms with Crippen LogP contribution in [-0.4, -0.2) is 41.2 Å². The number of hydrogen-bond donors (Lipinski definition) is 2. The van der Waals surface area contributed by atoms with E-state index < -0.39 is 18.1 Å². The van der Waals surface area contributed by atoms with E-state index in [4.69, 9.17) is 23.8 Å². The Kier molecular flexibility index (Phi) is 5.36. The van der Waals surface area contributed by atoms with Gasteiger partial charge in [0.05, 0.1) is 0 Å². The van der Waals surface area contributed by atoms with E-state index in [0.717, 1.165) is 11.3 Å². The van der Waals surface area contributed by atoms with E-state index in [1.165, 1.54) is 0 Å². The van der Waals surface area contributed by atoms with Gasteiger partial charge >= 0.3 is 12.1 Å². The number of benzene rings is 1. The Bertz CT molecular complexity index is 624. The number of carbonyl (C=O) groups is 1. The first-order valence-corrected chi connectivity index (χ1v) is 7.66. The minimum atomic E-state index is -4.87. The second-order valence-electron chi connectivity index (χ2n) is 5.25. The number of carbonyl (C=O) groups excluding carboxylic acids is 1. The number of nitrogens with one attached hydrogen (secondary N) is 2. The van der Waals surface area contributed by atoms with Gasteiger partial charge < -0.3 is 15.5 Å². The standard InChI is InChI=1S/C14H15ClF3N3OS/c1-8-10(15)3-2-4-11(8)20-13(23)21-6-5-9(7-21)19-12(22)14(16,17)18/h2-4,9H,5-7H2,1H3,(H,19,22)(H,20,23). The van der Waals surface area contributed by atoms with Gasteiger partial charge in [-0.2, -0.15) is 13.2 Å². The summed E-state index contributed by atoms with van der Waals surface area (Å²) in [5.41, 5.74) is 1.57. The summed E-state index contributed by atoms with van der Waals surface area (Å²) in [5.74, 6) is -1.92. The fourth-order valence-electron chi connectivity index (χ4n) is 2.27. The fourth-order valence-corrected chi connectivity index (χ4v) is 2.72. The molecule has 0 bridgehead atoms. The summed E-state index contributed by atoms with van der Waals surface area (Å²) in [6.07, 6.45) is -4.47. The van der Waals surface area contributed by atoms with E-state index in [0.29, 0.717) is 23.1 Å². The van der Waals surface area contributed by atoms with E-state index in [1.807, 2.05) is 18.3 Å². The van der Waals surface area contributed by atoms with Crippen molar-refractivity contribution in [2.75, 3.05) is 18.4 Å². The smallest absolute Gasteiger partial charge is 0.347 e. The molecule has 1 amide bonds. The Morgan fingerprint density at radius 2 is 2.13 bits per heavy atom. The Labute approximate surface area is 142 Å². The highest BCUT2D eigenvalue weighted by Crippen LogP contribution is 2.24. The van der Waals surface area contributed by atoms with Crippen molar-refractivity contribution < 1.29 is 18.0 Å². The molecule has 1 aliphatic rings. The summed E-state index contributed by atoms with van der Waals surface area (Å²) in [6, 6.07) is 4.76. The number of amides is 1. The van der Waals surface area contributed by atoms with Crippen molar-refractivity contribution in [3.05, 3.63) is 28.8 Å². The van der Waals surface area contributed by atoms with Crippen LogP contribution >= 0.6 is 23.8 Å². The normalized spacial score (nSPS) is 18.0. The van der Waals surface area contributed by atoms with Crippen molar-refractivity contribution in [2.24, 2.45) is 0 Å². The van der Waals surface area contributed by atoms with Gasteiger partial charge in [0.25, 0.3) is 0 Å². The van der Waals surface area contributed by atoms with Crippen LogP contribution in [0.3, 0.4) is 0 Å². The van der Waals surface area contributed by atoms with Crippen LogP contribution in [0.4, 0.5) is 18.9 Å². The molecular formula is C14H15ClF3N3OS. The van der Waals surface area contributed by atoms with Gasteiger partial charge in [-0.15, -0.1) is 0 Å². The molecule has 0 saturated carbocycles. The van der Waals surface area contributed by atoms with Crippen LogP contribution < -0.4 is 10.6 Å². The lowest BCUT2D eigenvalue weighted by Crippen LogP contribution is -2.45. The van der Waals surface area contributed by atoms with E-state index in [2.05, 4.69) is 5.32 Å². The number of hydrogen-bond acceptors (Lipinski definition) is 2. The number of alkyl halides is 3. The van der Waals surface area contributed by atoms with Crippen LogP contribution in [0.25, 0.3) is 0 Å². The topological polar surface area (TPSA) is 44.4 Å². The molecule has 9 heteroatoms. The fraction of sp³-hybridized carbons (Fsp3) is 0.429. The predicted molar refractivity (Wildman–Crippen MR) is 86.6 cm³/mol. The number of anilines is 1. The number of likely N-dealkylation sites (tertiary alicyclic amines) is 1. The largest absolute Gasteiger partial charge is 0.471 e. The Balaban J connectivity index is 1.93. The van der Waals surface area contributed by atoms with Gasteiger partial charge in [-0.25, -0.2) is 0 Å². The third-order valence-electron chi connectivity index (χ3n) is 3.58. The maximum absolute atomic E-state index is 12.3. The van der Waals surface area contributed by atoms with Crippen molar-refractivity contribution in [3.8, 4) is 0 Å². The molecule has 0 aliphatic carbocycles. The van der Waals surface area contributed by atoms with E-state index >= 15 is 0 Å². The van der Waals surface area contributed by atoms with Crippen molar-refractivity contribution in [1.29, 1.82) is 0 Å². The predicted octanol–water partition coefficient (Wildman–Crippen LogP) is 3.10. The van der Waals surface area contributed by atoms with Gasteiger partial charge in [-0.1, -0.05) is 17.7 Å². The molecule has 1 atom stereocenters. The SMILES string of the molecule is Cc1c(Cl)cccc1NC(=S)N1CCC(NC(=O)C(F)(F)F)C1. The molecule has 1 aromatic carbocycles. The molecule has 0 spiro atoms. The van der Waals surface area contributed by atoms with Crippen molar-refractivity contribution in [2.45, 2.75) is 25.6 Å². The summed E-state index contributed by atoms with van der Waals surface area (Å²) in [5, 5.41) is 5.99. The van der Waals surface area contributed by atoms with Gasteiger partial charge in [0.15, 0.2) is 5.11 Å². The van der Waals surface area contributed by atoms with E-state index in [-0.39, 0.29) is 6.54 Å². The van der Waals surface area contributed by atoms with Gasteiger partial charge in [-0.3, -0.25) is 4.79 Å².